The lowest BCUT2D eigenvalue weighted by atomic mass is 10.0. The molecule has 3 aromatic carbocycles. The number of carbonyl (C=O) groups is 1. The number of methoxy groups -OCH3 is 1. The summed E-state index contributed by atoms with van der Waals surface area (Å²) in [7, 11) is 1.51. The second kappa shape index (κ2) is 10.3. The van der Waals surface area contributed by atoms with Crippen LogP contribution in [0.15, 0.2) is 104 Å². The second-order valence-electron chi connectivity index (χ2n) is 9.80. The normalized spacial score (nSPS) is 11.2. The zero-order valence-electron chi connectivity index (χ0n) is 22.4. The Morgan fingerprint density at radius 1 is 0.881 bits per heavy atom. The lowest BCUT2D eigenvalue weighted by molar-refractivity contribution is 0.102. The van der Waals surface area contributed by atoms with Crippen LogP contribution in [0.1, 0.15) is 10.4 Å². The van der Waals surface area contributed by atoms with Gasteiger partial charge in [-0.3, -0.25) is 14.9 Å². The minimum atomic E-state index is -0.380. The Labute approximate surface area is 239 Å². The van der Waals surface area contributed by atoms with Crippen molar-refractivity contribution in [1.29, 1.82) is 0 Å². The molecular weight excluding hydrogens is 531 g/mol. The SMILES string of the molecule is COc1cc(F)cc(-c2ccnc3[nH]c(-c4n[nH]c5ccc(-c6cncc(NC(=O)c7ccccc7)c6)cc45)cc23)c1. The van der Waals surface area contributed by atoms with Crippen LogP contribution in [0.4, 0.5) is 10.1 Å². The number of benzene rings is 3. The summed E-state index contributed by atoms with van der Waals surface area (Å²) in [6, 6.07) is 25.3. The van der Waals surface area contributed by atoms with E-state index in [-0.39, 0.29) is 11.7 Å². The molecule has 7 rings (SSSR count). The maximum atomic E-state index is 14.3. The van der Waals surface area contributed by atoms with E-state index in [0.29, 0.717) is 33.9 Å². The van der Waals surface area contributed by atoms with Crippen molar-refractivity contribution >= 4 is 33.5 Å². The first-order valence-corrected chi connectivity index (χ1v) is 13.2. The molecule has 4 heterocycles. The van der Waals surface area contributed by atoms with Gasteiger partial charge < -0.3 is 15.0 Å². The van der Waals surface area contributed by atoms with E-state index in [1.807, 2.05) is 54.6 Å². The lowest BCUT2D eigenvalue weighted by Crippen LogP contribution is -2.11. The van der Waals surface area contributed by atoms with Gasteiger partial charge in [0.1, 0.15) is 22.9 Å². The molecule has 0 aliphatic rings. The van der Waals surface area contributed by atoms with E-state index in [4.69, 9.17) is 4.74 Å². The molecule has 42 heavy (non-hydrogen) atoms. The molecule has 0 aliphatic carbocycles. The Morgan fingerprint density at radius 2 is 1.76 bits per heavy atom. The molecular formula is C33H23FN6O2. The Morgan fingerprint density at radius 3 is 2.62 bits per heavy atom. The van der Waals surface area contributed by atoms with Gasteiger partial charge in [0, 0.05) is 40.4 Å². The third-order valence-corrected chi connectivity index (χ3v) is 7.13. The quantitative estimate of drug-likeness (QED) is 0.201. The molecule has 1 amide bonds. The largest absolute Gasteiger partial charge is 0.497 e. The fourth-order valence-electron chi connectivity index (χ4n) is 5.10. The van der Waals surface area contributed by atoms with Gasteiger partial charge in [0.15, 0.2) is 0 Å². The van der Waals surface area contributed by atoms with Crippen LogP contribution in [0.5, 0.6) is 5.75 Å². The van der Waals surface area contributed by atoms with Crippen LogP contribution in [-0.4, -0.2) is 38.2 Å². The lowest BCUT2D eigenvalue weighted by Gasteiger charge is -2.08. The summed E-state index contributed by atoms with van der Waals surface area (Å²) in [5.74, 6) is -0.144. The number of carbonyl (C=O) groups excluding carboxylic acids is 1. The summed E-state index contributed by atoms with van der Waals surface area (Å²) < 4.78 is 19.6. The highest BCUT2D eigenvalue weighted by Crippen LogP contribution is 2.36. The zero-order valence-corrected chi connectivity index (χ0v) is 22.4. The van der Waals surface area contributed by atoms with E-state index in [1.165, 1.54) is 19.2 Å². The van der Waals surface area contributed by atoms with Crippen molar-refractivity contribution in [3.05, 3.63) is 115 Å². The van der Waals surface area contributed by atoms with Crippen molar-refractivity contribution in [1.82, 2.24) is 25.1 Å². The number of aromatic amines is 2. The van der Waals surface area contributed by atoms with E-state index in [9.17, 15) is 9.18 Å². The number of aromatic nitrogens is 5. The summed E-state index contributed by atoms with van der Waals surface area (Å²) in [5.41, 5.74) is 7.42. The molecule has 8 nitrogen and oxygen atoms in total. The molecule has 0 saturated heterocycles. The Hall–Kier alpha value is -5.83. The van der Waals surface area contributed by atoms with Gasteiger partial charge in [-0.2, -0.15) is 5.10 Å². The van der Waals surface area contributed by atoms with Crippen molar-refractivity contribution in [2.24, 2.45) is 0 Å². The van der Waals surface area contributed by atoms with E-state index < -0.39 is 0 Å². The number of H-pyrrole nitrogens is 2. The predicted molar refractivity (Wildman–Crippen MR) is 161 cm³/mol. The Kier molecular flexibility index (Phi) is 6.16. The minimum absolute atomic E-state index is 0.203. The van der Waals surface area contributed by atoms with Gasteiger partial charge in [-0.05, 0) is 71.3 Å². The average molecular weight is 555 g/mol. The number of pyridine rings is 2. The Bertz CT molecular complexity index is 2100. The van der Waals surface area contributed by atoms with Crippen LogP contribution >= 0.6 is 0 Å². The molecule has 0 saturated carbocycles. The van der Waals surface area contributed by atoms with Gasteiger partial charge >= 0.3 is 0 Å². The molecule has 7 aromatic rings. The van der Waals surface area contributed by atoms with Gasteiger partial charge in [-0.25, -0.2) is 9.37 Å². The molecule has 204 valence electrons. The van der Waals surface area contributed by atoms with Crippen LogP contribution in [0.2, 0.25) is 0 Å². The predicted octanol–water partition coefficient (Wildman–Crippen LogP) is 7.24. The first kappa shape index (κ1) is 25.2. The molecule has 0 unspecified atom stereocenters. The van der Waals surface area contributed by atoms with Crippen LogP contribution in [-0.2, 0) is 0 Å². The van der Waals surface area contributed by atoms with Crippen LogP contribution < -0.4 is 10.1 Å². The molecule has 0 fully saturated rings. The summed E-state index contributed by atoms with van der Waals surface area (Å²) in [6.07, 6.45) is 5.06. The average Bonchev–Trinajstić information content (AvgIpc) is 3.65. The first-order chi connectivity index (χ1) is 20.6. The molecule has 9 heteroatoms. The number of nitrogens with one attached hydrogen (secondary N) is 3. The van der Waals surface area contributed by atoms with Crippen molar-refractivity contribution in [3.63, 3.8) is 0 Å². The number of fused-ring (bicyclic) bond motifs is 2. The monoisotopic (exact) mass is 554 g/mol. The molecule has 0 spiro atoms. The molecule has 0 radical (unpaired) electrons. The molecule has 0 aliphatic heterocycles. The van der Waals surface area contributed by atoms with Crippen molar-refractivity contribution in [3.8, 4) is 39.4 Å². The number of nitrogens with zero attached hydrogens (tertiary/aromatic N) is 3. The number of halogens is 1. The number of ether oxygens (including phenoxy) is 1. The molecule has 0 bridgehead atoms. The van der Waals surface area contributed by atoms with E-state index in [1.54, 1.807) is 36.8 Å². The number of hydrogen-bond acceptors (Lipinski definition) is 5. The highest BCUT2D eigenvalue weighted by molar-refractivity contribution is 6.04. The third-order valence-electron chi connectivity index (χ3n) is 7.13. The van der Waals surface area contributed by atoms with Gasteiger partial charge in [0.2, 0.25) is 0 Å². The smallest absolute Gasteiger partial charge is 0.255 e. The highest BCUT2D eigenvalue weighted by Gasteiger charge is 2.16. The van der Waals surface area contributed by atoms with Gasteiger partial charge in [0.25, 0.3) is 5.91 Å². The number of anilines is 1. The highest BCUT2D eigenvalue weighted by atomic mass is 19.1. The van der Waals surface area contributed by atoms with Crippen molar-refractivity contribution in [2.45, 2.75) is 0 Å². The first-order valence-electron chi connectivity index (χ1n) is 13.2. The summed E-state index contributed by atoms with van der Waals surface area (Å²) in [6.45, 7) is 0. The van der Waals surface area contributed by atoms with E-state index in [0.717, 1.165) is 38.7 Å². The summed E-state index contributed by atoms with van der Waals surface area (Å²) in [4.78, 5) is 24.9. The van der Waals surface area contributed by atoms with E-state index in [2.05, 4.69) is 30.5 Å². The van der Waals surface area contributed by atoms with Crippen LogP contribution in [0.25, 0.3) is 55.6 Å². The summed E-state index contributed by atoms with van der Waals surface area (Å²) >= 11 is 0. The number of hydrogen-bond donors (Lipinski definition) is 3. The number of amides is 1. The minimum Gasteiger partial charge on any atom is -0.497 e. The maximum absolute atomic E-state index is 14.3. The third kappa shape index (κ3) is 4.62. The number of rotatable bonds is 6. The maximum Gasteiger partial charge on any atom is 0.255 e. The zero-order chi connectivity index (χ0) is 28.6. The molecule has 4 aromatic heterocycles. The molecule has 0 atom stereocenters. The van der Waals surface area contributed by atoms with Gasteiger partial charge in [-0.1, -0.05) is 24.3 Å². The van der Waals surface area contributed by atoms with Gasteiger partial charge in [-0.15, -0.1) is 0 Å². The van der Waals surface area contributed by atoms with Gasteiger partial charge in [0.05, 0.1) is 30.2 Å². The fraction of sp³-hybridized carbons (Fsp3) is 0.0303. The second-order valence-corrected chi connectivity index (χ2v) is 9.80. The Balaban J connectivity index is 1.25. The van der Waals surface area contributed by atoms with Crippen LogP contribution in [0.3, 0.4) is 0 Å². The van der Waals surface area contributed by atoms with Crippen LogP contribution in [0, 0.1) is 5.82 Å². The standard InChI is InChI=1S/C33H23FN6O2/c1-42-25-13-21(11-23(34)15-25)26-9-10-36-32-27(26)16-30(38-32)31-28-14-20(7-8-29(28)39-40-31)22-12-24(18-35-17-22)37-33(41)19-5-3-2-4-6-19/h2-18H,1H3,(H,36,38)(H,37,41)(H,39,40). The van der Waals surface area contributed by atoms with Crippen molar-refractivity contribution in [2.75, 3.05) is 12.4 Å². The topological polar surface area (TPSA) is 109 Å². The van der Waals surface area contributed by atoms with Crippen molar-refractivity contribution < 1.29 is 13.9 Å². The fourth-order valence-corrected chi connectivity index (χ4v) is 5.10. The van der Waals surface area contributed by atoms with E-state index >= 15 is 0 Å². The molecule has 3 N–H and O–H groups in total. The summed E-state index contributed by atoms with van der Waals surface area (Å²) in [5, 5.41) is 12.3.